The van der Waals surface area contributed by atoms with Crippen LogP contribution in [0.3, 0.4) is 0 Å². The molecule has 1 aromatic heterocycles. The molecule has 0 radical (unpaired) electrons. The van der Waals surface area contributed by atoms with E-state index in [2.05, 4.69) is 4.57 Å². The third-order valence-corrected chi connectivity index (χ3v) is 6.72. The van der Waals surface area contributed by atoms with Crippen LogP contribution in [0, 0.1) is 0 Å². The summed E-state index contributed by atoms with van der Waals surface area (Å²) in [7, 11) is 0. The molecule has 1 unspecified atom stereocenters. The van der Waals surface area contributed by atoms with Crippen molar-refractivity contribution in [2.45, 2.75) is 18.9 Å². The molecule has 0 saturated carbocycles. The van der Waals surface area contributed by atoms with E-state index in [1.165, 1.54) is 0 Å². The van der Waals surface area contributed by atoms with Crippen LogP contribution < -0.4 is 4.90 Å². The molecule has 0 bridgehead atoms. The van der Waals surface area contributed by atoms with Crippen LogP contribution in [0.15, 0.2) is 66.7 Å². The van der Waals surface area contributed by atoms with Crippen LogP contribution in [-0.4, -0.2) is 22.0 Å². The molecular formula is C24H18Cl3N3O. The van der Waals surface area contributed by atoms with Crippen molar-refractivity contribution in [2.75, 3.05) is 11.4 Å². The highest BCUT2D eigenvalue weighted by Crippen LogP contribution is 2.37. The summed E-state index contributed by atoms with van der Waals surface area (Å²) >= 11 is 19.3. The summed E-state index contributed by atoms with van der Waals surface area (Å²) in [6.07, 6.45) is 0.366. The lowest BCUT2D eigenvalue weighted by atomic mass is 10.1. The first-order chi connectivity index (χ1) is 15.0. The third kappa shape index (κ3) is 3.69. The second kappa shape index (κ2) is 8.19. The fourth-order valence-corrected chi connectivity index (χ4v) is 4.95. The number of benzene rings is 3. The van der Waals surface area contributed by atoms with Crippen molar-refractivity contribution in [3.05, 3.63) is 93.2 Å². The molecule has 1 amide bonds. The molecule has 5 rings (SSSR count). The van der Waals surface area contributed by atoms with Crippen molar-refractivity contribution < 1.29 is 4.79 Å². The third-order valence-electron chi connectivity index (χ3n) is 5.70. The second-order valence-electron chi connectivity index (χ2n) is 7.60. The maximum atomic E-state index is 12.9. The van der Waals surface area contributed by atoms with Gasteiger partial charge >= 0.3 is 0 Å². The van der Waals surface area contributed by atoms with Gasteiger partial charge in [0.25, 0.3) is 0 Å². The molecule has 2 heterocycles. The van der Waals surface area contributed by atoms with Gasteiger partial charge in [-0.05, 0) is 36.4 Å². The molecule has 4 nitrogen and oxygen atoms in total. The quantitative estimate of drug-likeness (QED) is 0.338. The van der Waals surface area contributed by atoms with Gasteiger partial charge in [-0.3, -0.25) is 4.79 Å². The summed E-state index contributed by atoms with van der Waals surface area (Å²) < 4.78 is 2.12. The predicted octanol–water partition coefficient (Wildman–Crippen LogP) is 6.57. The number of halogens is 3. The van der Waals surface area contributed by atoms with Crippen LogP contribution in [-0.2, 0) is 11.3 Å². The Balaban J connectivity index is 1.57. The SMILES string of the molecule is O=C1CC(c2nc3ccccc3n2Cc2c(Cl)cccc2Cl)CN1c1ccccc1Cl. The van der Waals surface area contributed by atoms with Gasteiger partial charge in [-0.15, -0.1) is 0 Å². The molecule has 156 valence electrons. The summed E-state index contributed by atoms with van der Waals surface area (Å²) in [5.41, 5.74) is 3.43. The zero-order valence-electron chi connectivity index (χ0n) is 16.4. The van der Waals surface area contributed by atoms with Gasteiger partial charge in [0.05, 0.1) is 28.3 Å². The van der Waals surface area contributed by atoms with Gasteiger partial charge in [0.1, 0.15) is 5.82 Å². The fourth-order valence-electron chi connectivity index (χ4n) is 4.20. The van der Waals surface area contributed by atoms with Gasteiger partial charge in [-0.2, -0.15) is 0 Å². The molecule has 0 N–H and O–H groups in total. The second-order valence-corrected chi connectivity index (χ2v) is 8.82. The monoisotopic (exact) mass is 469 g/mol. The number of nitrogens with zero attached hydrogens (tertiary/aromatic N) is 3. The van der Waals surface area contributed by atoms with Crippen LogP contribution in [0.2, 0.25) is 15.1 Å². The number of carbonyl (C=O) groups excluding carboxylic acids is 1. The van der Waals surface area contributed by atoms with E-state index in [4.69, 9.17) is 39.8 Å². The van der Waals surface area contributed by atoms with E-state index in [-0.39, 0.29) is 11.8 Å². The lowest BCUT2D eigenvalue weighted by Crippen LogP contribution is -2.24. The zero-order chi connectivity index (χ0) is 21.5. The average Bonchev–Trinajstić information content (AvgIpc) is 3.32. The van der Waals surface area contributed by atoms with Crippen molar-refractivity contribution >= 4 is 57.4 Å². The first-order valence-electron chi connectivity index (χ1n) is 9.96. The summed E-state index contributed by atoms with van der Waals surface area (Å²) in [5.74, 6) is 0.810. The largest absolute Gasteiger partial charge is 0.323 e. The summed E-state index contributed by atoms with van der Waals surface area (Å²) in [4.78, 5) is 19.5. The average molecular weight is 471 g/mol. The van der Waals surface area contributed by atoms with Crippen molar-refractivity contribution in [3.8, 4) is 0 Å². The minimum absolute atomic E-state index is 0.0347. The highest BCUT2D eigenvalue weighted by Gasteiger charge is 2.35. The molecule has 0 aliphatic carbocycles. The van der Waals surface area contributed by atoms with Crippen LogP contribution in [0.5, 0.6) is 0 Å². The van der Waals surface area contributed by atoms with Crippen molar-refractivity contribution in [1.29, 1.82) is 0 Å². The van der Waals surface area contributed by atoms with E-state index < -0.39 is 0 Å². The van der Waals surface area contributed by atoms with Crippen LogP contribution in [0.25, 0.3) is 11.0 Å². The van der Waals surface area contributed by atoms with Crippen LogP contribution in [0.4, 0.5) is 5.69 Å². The Labute approximate surface area is 195 Å². The lowest BCUT2D eigenvalue weighted by molar-refractivity contribution is -0.117. The Morgan fingerprint density at radius 2 is 1.55 bits per heavy atom. The van der Waals surface area contributed by atoms with Crippen LogP contribution in [0.1, 0.15) is 23.7 Å². The van der Waals surface area contributed by atoms with Crippen molar-refractivity contribution in [1.82, 2.24) is 9.55 Å². The molecule has 1 saturated heterocycles. The number of amides is 1. The van der Waals surface area contributed by atoms with E-state index in [0.717, 1.165) is 28.1 Å². The number of anilines is 1. The fraction of sp³-hybridized carbons (Fsp3) is 0.167. The van der Waals surface area contributed by atoms with Crippen molar-refractivity contribution in [3.63, 3.8) is 0 Å². The number of carbonyl (C=O) groups is 1. The smallest absolute Gasteiger partial charge is 0.227 e. The molecule has 7 heteroatoms. The maximum absolute atomic E-state index is 12.9. The van der Waals surface area contributed by atoms with E-state index >= 15 is 0 Å². The summed E-state index contributed by atoms with van der Waals surface area (Å²) in [6.45, 7) is 0.993. The summed E-state index contributed by atoms with van der Waals surface area (Å²) in [6, 6.07) is 20.9. The van der Waals surface area contributed by atoms with E-state index in [9.17, 15) is 4.79 Å². The Morgan fingerprint density at radius 3 is 2.32 bits per heavy atom. The van der Waals surface area contributed by atoms with Gasteiger partial charge in [0.15, 0.2) is 0 Å². The minimum atomic E-state index is -0.0718. The zero-order valence-corrected chi connectivity index (χ0v) is 18.7. The van der Waals surface area contributed by atoms with Crippen molar-refractivity contribution in [2.24, 2.45) is 0 Å². The predicted molar refractivity (Wildman–Crippen MR) is 126 cm³/mol. The molecule has 1 fully saturated rings. The molecule has 1 aliphatic heterocycles. The molecule has 3 aromatic carbocycles. The number of para-hydroxylation sites is 3. The first-order valence-corrected chi connectivity index (χ1v) is 11.1. The summed E-state index contributed by atoms with van der Waals surface area (Å²) in [5, 5.41) is 1.78. The number of imidazole rings is 1. The number of hydrogen-bond acceptors (Lipinski definition) is 2. The van der Waals surface area contributed by atoms with Gasteiger partial charge < -0.3 is 9.47 Å². The van der Waals surface area contributed by atoms with E-state index in [0.29, 0.717) is 34.6 Å². The van der Waals surface area contributed by atoms with E-state index in [1.54, 1.807) is 11.0 Å². The Bertz CT molecular complexity index is 1280. The van der Waals surface area contributed by atoms with Gasteiger partial charge in [0.2, 0.25) is 5.91 Å². The highest BCUT2D eigenvalue weighted by atomic mass is 35.5. The van der Waals surface area contributed by atoms with Gasteiger partial charge in [-0.25, -0.2) is 4.98 Å². The molecule has 1 aliphatic rings. The number of hydrogen-bond donors (Lipinski definition) is 0. The Kier molecular flexibility index (Phi) is 5.39. The van der Waals surface area contributed by atoms with Crippen LogP contribution >= 0.6 is 34.8 Å². The van der Waals surface area contributed by atoms with Gasteiger partial charge in [-0.1, -0.05) is 65.1 Å². The topological polar surface area (TPSA) is 38.1 Å². The maximum Gasteiger partial charge on any atom is 0.227 e. The molecule has 1 atom stereocenters. The first kappa shape index (κ1) is 20.4. The number of fused-ring (bicyclic) bond motifs is 1. The lowest BCUT2D eigenvalue weighted by Gasteiger charge is -2.19. The Morgan fingerprint density at radius 1 is 0.871 bits per heavy atom. The van der Waals surface area contributed by atoms with Gasteiger partial charge in [0, 0.05) is 34.5 Å². The Hall–Kier alpha value is -2.53. The standard InChI is InChI=1S/C24H18Cl3N3O/c25-17-7-5-8-18(26)16(17)14-30-22-11-4-2-9-20(22)28-24(30)15-12-23(31)29(13-15)21-10-3-1-6-19(21)27/h1-11,15H,12-14H2. The molecule has 31 heavy (non-hydrogen) atoms. The van der Waals surface area contributed by atoms with E-state index in [1.807, 2.05) is 60.7 Å². The molecular weight excluding hydrogens is 453 g/mol. The minimum Gasteiger partial charge on any atom is -0.323 e. The number of aromatic nitrogens is 2. The molecule has 4 aromatic rings. The highest BCUT2D eigenvalue weighted by molar-refractivity contribution is 6.36. The number of rotatable bonds is 4. The normalized spacial score (nSPS) is 16.4. The molecule has 0 spiro atoms.